The van der Waals surface area contributed by atoms with Gasteiger partial charge in [-0.3, -0.25) is 24.0 Å². The van der Waals surface area contributed by atoms with E-state index < -0.39 is 60.1 Å². The molecule has 40 heteroatoms. The lowest BCUT2D eigenvalue weighted by atomic mass is 10.1. The fourth-order valence-electron chi connectivity index (χ4n) is 9.19. The Bertz CT molecular complexity index is 4380. The van der Waals surface area contributed by atoms with E-state index in [1.807, 2.05) is 174 Å². The third-order valence-electron chi connectivity index (χ3n) is 14.8. The molecule has 10 aromatic carbocycles. The Labute approximate surface area is 862 Å². The average Bonchev–Trinajstić information content (AvgIpc) is 0.840. The van der Waals surface area contributed by atoms with Gasteiger partial charge in [-0.25, -0.2) is 0 Å². The first-order chi connectivity index (χ1) is 53.9. The number of aromatic hydroxyl groups is 5. The second-order valence-electron chi connectivity index (χ2n) is 23.8. The normalized spacial score (nSPS) is 12.0. The molecule has 115 heavy (non-hydrogen) atoms. The predicted molar refractivity (Wildman–Crippen MR) is 560 cm³/mol. The Hall–Kier alpha value is -1.70. The van der Waals surface area contributed by atoms with Crippen LogP contribution >= 0.6 is 339 Å². The van der Waals surface area contributed by atoms with Gasteiger partial charge in [-0.1, -0.05) is 0 Å². The molecule has 0 aliphatic rings. The van der Waals surface area contributed by atoms with E-state index in [0.717, 1.165) is 63.5 Å². The molecule has 10 rings (SSSR count). The minimum atomic E-state index is -1.02. The quantitative estimate of drug-likeness (QED) is 0.0236. The minimum Gasteiger partial charge on any atom is -0.507 e. The molecule has 0 saturated carbocycles. The van der Waals surface area contributed by atoms with Crippen molar-refractivity contribution in [1.82, 2.24) is 0 Å². The van der Waals surface area contributed by atoms with E-state index in [2.05, 4.69) is 226 Å². The molecule has 20 N–H and O–H groups in total. The van der Waals surface area contributed by atoms with Crippen molar-refractivity contribution in [3.63, 3.8) is 0 Å². The number of hydrogen-bond acceptors (Lipinski definition) is 20. The summed E-state index contributed by atoms with van der Waals surface area (Å²) in [6.07, 6.45) is 1.31. The number of phenols is 5. The Morgan fingerprint density at radius 2 is 0.348 bits per heavy atom. The minimum absolute atomic E-state index is 0.209. The maximum absolute atomic E-state index is 10.9. The van der Waals surface area contributed by atoms with Crippen molar-refractivity contribution in [1.29, 1.82) is 0 Å². The van der Waals surface area contributed by atoms with E-state index in [4.69, 9.17) is 77.9 Å². The van der Waals surface area contributed by atoms with Gasteiger partial charge in [-0.05, 0) is 550 Å². The van der Waals surface area contributed by atoms with E-state index in [9.17, 15) is 49.5 Å². The van der Waals surface area contributed by atoms with Crippen molar-refractivity contribution >= 4 is 369 Å². The SMILES string of the molecule is N[C@@H](Cc1cc(I)c(Oc2ccc(O)c(I)c2)c(I)c1)C(=O)O.N[C@@H](Cc1cc(I)c(Oc2ccc(O)c(I)c2)c(I)c1)C(=O)O.N[C@@H](Cc1cc(I)c(Oc2ccc(O)c(I)c2)c(I)c1)C(=O)O.N[C@@H](Cc1cc(I)c(Oc2ccc(O)c(I)c2)c(I)c1)C(=O)O.N[C@@H](Cc1cc(I)c(Oc2ccc(O)c(I)c2)c(I)c1)C(=O)O. The largest absolute Gasteiger partial charge is 0.507 e. The molecule has 5 atom stereocenters. The number of carboxylic acid groups (broad SMARTS) is 5. The van der Waals surface area contributed by atoms with Crippen LogP contribution in [0.1, 0.15) is 27.8 Å². The molecule has 0 heterocycles. The summed E-state index contributed by atoms with van der Waals surface area (Å²) in [7, 11) is 0. The predicted octanol–water partition coefficient (Wildman–Crippen LogP) is 19.8. The molecular weight excluding hydrogens is 3190 g/mol. The Balaban J connectivity index is 0.000000224. The number of carboxylic acids is 5. The number of ether oxygens (including phenoxy) is 5. The maximum Gasteiger partial charge on any atom is 0.320 e. The Kier molecular flexibility index (Phi) is 43.6. The van der Waals surface area contributed by atoms with Crippen molar-refractivity contribution in [3.05, 3.63) is 233 Å². The van der Waals surface area contributed by atoms with Gasteiger partial charge in [0.1, 0.15) is 87.7 Å². The van der Waals surface area contributed by atoms with E-state index in [0.29, 0.717) is 75.3 Å². The van der Waals surface area contributed by atoms with Crippen LogP contribution in [0.4, 0.5) is 0 Å². The van der Waals surface area contributed by atoms with Gasteiger partial charge >= 0.3 is 29.8 Å². The highest BCUT2D eigenvalue weighted by Crippen LogP contribution is 2.41. The molecule has 610 valence electrons. The third-order valence-corrected chi connectivity index (χ3v) is 27.2. The molecule has 0 unspecified atom stereocenters. The van der Waals surface area contributed by atoms with E-state index in [1.165, 1.54) is 0 Å². The zero-order valence-corrected chi connectivity index (χ0v) is 90.3. The highest BCUT2D eigenvalue weighted by molar-refractivity contribution is 14.1. The molecule has 0 aromatic heterocycles. The third kappa shape index (κ3) is 33.1. The van der Waals surface area contributed by atoms with Gasteiger partial charge in [0, 0.05) is 0 Å². The van der Waals surface area contributed by atoms with Gasteiger partial charge in [0.2, 0.25) is 0 Å². The van der Waals surface area contributed by atoms with Crippen molar-refractivity contribution in [2.75, 3.05) is 0 Å². The first-order valence-corrected chi connectivity index (χ1v) is 48.2. The lowest BCUT2D eigenvalue weighted by molar-refractivity contribution is -0.139. The van der Waals surface area contributed by atoms with Crippen LogP contribution in [-0.4, -0.2) is 111 Å². The lowest BCUT2D eigenvalue weighted by Crippen LogP contribution is -2.32. The highest BCUT2D eigenvalue weighted by atomic mass is 127. The summed E-state index contributed by atoms with van der Waals surface area (Å²) < 4.78 is 41.7. The summed E-state index contributed by atoms with van der Waals surface area (Å²) in [5.74, 6) is 2.54. The first-order valence-electron chi connectivity index (χ1n) is 32.0. The second kappa shape index (κ2) is 49.1. The van der Waals surface area contributed by atoms with Gasteiger partial charge in [-0.15, -0.1) is 0 Å². The first kappa shape index (κ1) is 102. The number of phenolic OH excluding ortho intramolecular Hbond substituents is 5. The molecule has 0 aliphatic heterocycles. The van der Waals surface area contributed by atoms with Crippen LogP contribution in [0.15, 0.2) is 152 Å². The summed E-state index contributed by atoms with van der Waals surface area (Å²) in [5.41, 5.74) is 32.1. The fraction of sp³-hybridized carbons (Fsp3) is 0.133. The molecule has 0 fully saturated rings. The summed E-state index contributed by atoms with van der Waals surface area (Å²) in [6, 6.07) is 39.1. The van der Waals surface area contributed by atoms with E-state index in [-0.39, 0.29) is 60.9 Å². The smallest absolute Gasteiger partial charge is 0.320 e. The highest BCUT2D eigenvalue weighted by Gasteiger charge is 2.23. The molecular formula is C75H60I15N5O20. The van der Waals surface area contributed by atoms with Gasteiger partial charge in [0.05, 0.1) is 53.6 Å². The molecule has 0 saturated heterocycles. The Morgan fingerprint density at radius 3 is 0.452 bits per heavy atom. The van der Waals surface area contributed by atoms with Crippen molar-refractivity contribution in [3.8, 4) is 86.2 Å². The van der Waals surface area contributed by atoms with Crippen LogP contribution in [0.5, 0.6) is 86.2 Å². The van der Waals surface area contributed by atoms with Crippen molar-refractivity contribution in [2.24, 2.45) is 28.7 Å². The summed E-state index contributed by atoms with van der Waals surface area (Å²) in [5, 5.41) is 92.3. The molecule has 0 radical (unpaired) electrons. The number of rotatable bonds is 25. The van der Waals surface area contributed by atoms with Crippen LogP contribution in [0.3, 0.4) is 0 Å². The summed E-state index contributed by atoms with van der Waals surface area (Å²) in [4.78, 5) is 54.3. The number of carbonyl (C=O) groups is 5. The van der Waals surface area contributed by atoms with Crippen LogP contribution in [0, 0.1) is 53.6 Å². The zero-order chi connectivity index (χ0) is 85.7. The number of hydrogen-bond donors (Lipinski definition) is 15. The Morgan fingerprint density at radius 1 is 0.226 bits per heavy atom. The molecule has 0 bridgehead atoms. The number of aliphatic carboxylic acids is 5. The van der Waals surface area contributed by atoms with Crippen LogP contribution in [0.25, 0.3) is 0 Å². The van der Waals surface area contributed by atoms with Crippen LogP contribution in [0.2, 0.25) is 0 Å². The molecule has 0 aliphatic carbocycles. The number of benzene rings is 10. The lowest BCUT2D eigenvalue weighted by Gasteiger charge is -2.13. The fourth-order valence-corrected chi connectivity index (χ4v) is 22.2. The van der Waals surface area contributed by atoms with Gasteiger partial charge in [0.15, 0.2) is 28.7 Å². The number of halogens is 15. The second-order valence-corrected chi connectivity index (χ2v) is 41.2. The molecule has 0 amide bonds. The zero-order valence-electron chi connectivity index (χ0n) is 58.0. The maximum atomic E-state index is 10.9. The summed E-state index contributed by atoms with van der Waals surface area (Å²) >= 11 is 31.6. The monoisotopic (exact) mass is 3250 g/mol. The number of nitrogens with two attached hydrogens (primary N) is 5. The van der Waals surface area contributed by atoms with Crippen LogP contribution in [-0.2, 0) is 56.1 Å². The molecule has 10 aromatic rings. The molecule has 0 spiro atoms. The summed E-state index contributed by atoms with van der Waals surface area (Å²) in [6.45, 7) is 0. The van der Waals surface area contributed by atoms with Crippen molar-refractivity contribution < 1.29 is 98.7 Å². The average molecular weight is 3250 g/mol. The van der Waals surface area contributed by atoms with Crippen molar-refractivity contribution in [2.45, 2.75) is 62.3 Å². The standard InChI is InChI=1S/5C15H12I3NO4/c5*16-9-6-8(1-2-13(9)20)23-14-10(17)3-7(4-11(14)18)5-12(19)15(21)22/h5*1-4,6,12,20H,5,19H2,(H,21,22)/t5*12-/m00000/s1. The van der Waals surface area contributed by atoms with Crippen LogP contribution < -0.4 is 52.4 Å². The molecule has 25 nitrogen and oxygen atoms in total. The topological polar surface area (TPSA) is 464 Å². The van der Waals surface area contributed by atoms with Gasteiger partial charge in [-0.2, -0.15) is 0 Å². The van der Waals surface area contributed by atoms with E-state index >= 15 is 0 Å². The van der Waals surface area contributed by atoms with Gasteiger partial charge in [0.25, 0.3) is 0 Å². The van der Waals surface area contributed by atoms with E-state index in [1.54, 1.807) is 91.0 Å². The van der Waals surface area contributed by atoms with Gasteiger partial charge < -0.3 is 103 Å².